The molecule has 0 saturated heterocycles. The van der Waals surface area contributed by atoms with E-state index < -0.39 is 14.5 Å². The van der Waals surface area contributed by atoms with Gasteiger partial charge in [0.25, 0.3) is 0 Å². The first-order valence-corrected chi connectivity index (χ1v) is 30.4. The predicted octanol–water partition coefficient (Wildman–Crippen LogP) is 13.8. The Labute approximate surface area is 386 Å². The van der Waals surface area contributed by atoms with E-state index >= 15 is 0 Å². The molecule has 0 bridgehead atoms. The molecular formula is C54H95NO7Si. The molecule has 7 fully saturated rings. The number of carbonyl (C=O) groups is 2. The van der Waals surface area contributed by atoms with Crippen molar-refractivity contribution in [2.45, 2.75) is 269 Å². The first kappa shape index (κ1) is 49.7. The van der Waals surface area contributed by atoms with Crippen molar-refractivity contribution in [3.05, 3.63) is 0 Å². The highest BCUT2D eigenvalue weighted by atomic mass is 28.4. The zero-order valence-corrected chi connectivity index (χ0v) is 42.6. The van der Waals surface area contributed by atoms with E-state index in [1.807, 2.05) is 7.11 Å². The normalized spacial score (nSPS) is 39.5. The van der Waals surface area contributed by atoms with Crippen LogP contribution < -0.4 is 0 Å². The summed E-state index contributed by atoms with van der Waals surface area (Å²) in [6.07, 6.45) is 34.5. The van der Waals surface area contributed by atoms with E-state index in [2.05, 4.69) is 38.8 Å². The third-order valence-electron chi connectivity index (χ3n) is 19.2. The van der Waals surface area contributed by atoms with Gasteiger partial charge in [-0.2, -0.15) is 0 Å². The summed E-state index contributed by atoms with van der Waals surface area (Å²) in [6.45, 7) is 14.8. The number of esters is 1. The lowest BCUT2D eigenvalue weighted by atomic mass is 9.52. The second-order valence-electron chi connectivity index (χ2n) is 24.0. The molecule has 0 aromatic rings. The van der Waals surface area contributed by atoms with Crippen molar-refractivity contribution in [2.24, 2.45) is 46.8 Å². The molecule has 9 heteroatoms. The Balaban J connectivity index is 0.861. The largest absolute Gasteiger partial charge is 0.508 e. The molecule has 7 aliphatic carbocycles. The Kier molecular flexibility index (Phi) is 18.3. The first-order valence-electron chi connectivity index (χ1n) is 27.3. The number of rotatable bonds is 15. The summed E-state index contributed by atoms with van der Waals surface area (Å²) in [4.78, 5) is 27.8. The summed E-state index contributed by atoms with van der Waals surface area (Å²) in [6, 6.07) is 3.59. The zero-order valence-electron chi connectivity index (χ0n) is 41.6. The molecule has 63 heavy (non-hydrogen) atoms. The first-order chi connectivity index (χ1) is 30.3. The average Bonchev–Trinajstić information content (AvgIpc) is 3.28. The number of carbonyl (C=O) groups excluding carboxylic acids is 2. The van der Waals surface area contributed by atoms with Crippen LogP contribution in [0.5, 0.6) is 0 Å². The molecule has 0 heterocycles. The molecule has 1 atom stereocenters. The lowest BCUT2D eigenvalue weighted by Gasteiger charge is -2.56. The number of ether oxygens (including phenoxy) is 4. The highest BCUT2D eigenvalue weighted by molar-refractivity contribution is 6.71. The molecule has 362 valence electrons. The van der Waals surface area contributed by atoms with Crippen LogP contribution in [0.15, 0.2) is 0 Å². The number of hydrogen-bond acceptors (Lipinski definition) is 8. The van der Waals surface area contributed by atoms with Crippen LogP contribution in [0.4, 0.5) is 4.79 Å². The highest BCUT2D eigenvalue weighted by Gasteiger charge is 2.50. The van der Waals surface area contributed by atoms with E-state index in [0.29, 0.717) is 29.3 Å². The summed E-state index contributed by atoms with van der Waals surface area (Å²) in [5.41, 5.74) is 0.340. The lowest BCUT2D eigenvalue weighted by molar-refractivity contribution is -0.148. The Morgan fingerprint density at radius 1 is 0.508 bits per heavy atom. The van der Waals surface area contributed by atoms with Gasteiger partial charge in [0.1, 0.15) is 18.3 Å². The predicted molar refractivity (Wildman–Crippen MR) is 256 cm³/mol. The van der Waals surface area contributed by atoms with Crippen LogP contribution in [0.2, 0.25) is 19.1 Å². The summed E-state index contributed by atoms with van der Waals surface area (Å²) in [5, 5.41) is 0. The van der Waals surface area contributed by atoms with E-state index in [1.54, 1.807) is 0 Å². The lowest BCUT2D eigenvalue weighted by Crippen LogP contribution is -2.54. The standard InChI is InChI=1S/C54H95NO7Si/c1-38-8-22-46(23-9-38)55(47-24-10-39(2)11-25-47)48-26-16-43(17-27-48)54(4,44-18-32-49(58-5)33-19-44)45-20-34-52(35-21-45)62-53(57)61-51-28-12-41(13-29-51)36-59-63(6,7)37-42-14-30-50(31-15-42)60-40(3)56/h38-39,41-52H,8-37H2,1-7H3. The van der Waals surface area contributed by atoms with Crippen molar-refractivity contribution in [2.75, 3.05) is 13.7 Å². The topological polar surface area (TPSA) is 83.5 Å². The van der Waals surface area contributed by atoms with Crippen molar-refractivity contribution < 1.29 is 33.0 Å². The molecule has 0 radical (unpaired) electrons. The molecule has 0 spiro atoms. The van der Waals surface area contributed by atoms with Crippen molar-refractivity contribution >= 4 is 20.4 Å². The molecule has 0 aromatic carbocycles. The molecule has 8 nitrogen and oxygen atoms in total. The molecule has 1 unspecified atom stereocenters. The summed E-state index contributed by atoms with van der Waals surface area (Å²) in [5.74, 6) is 5.13. The van der Waals surface area contributed by atoms with Gasteiger partial charge in [0, 0.05) is 38.8 Å². The van der Waals surface area contributed by atoms with E-state index in [4.69, 9.17) is 23.4 Å². The smallest absolute Gasteiger partial charge is 0.463 e. The highest BCUT2D eigenvalue weighted by Crippen LogP contribution is 2.57. The minimum atomic E-state index is -1.78. The van der Waals surface area contributed by atoms with Crippen LogP contribution in [-0.4, -0.2) is 81.6 Å². The molecule has 7 saturated carbocycles. The molecule has 0 aromatic heterocycles. The van der Waals surface area contributed by atoms with Gasteiger partial charge in [0.2, 0.25) is 0 Å². The fourth-order valence-corrected chi connectivity index (χ4v) is 17.8. The van der Waals surface area contributed by atoms with Gasteiger partial charge in [-0.15, -0.1) is 0 Å². The number of methoxy groups -OCH3 is 1. The van der Waals surface area contributed by atoms with Gasteiger partial charge < -0.3 is 23.4 Å². The third-order valence-corrected chi connectivity index (χ3v) is 21.7. The van der Waals surface area contributed by atoms with Gasteiger partial charge in [-0.3, -0.25) is 9.69 Å². The van der Waals surface area contributed by atoms with Crippen LogP contribution in [0.25, 0.3) is 0 Å². The molecule has 7 aliphatic rings. The molecule has 0 N–H and O–H groups in total. The van der Waals surface area contributed by atoms with Crippen LogP contribution in [-0.2, 0) is 28.2 Å². The fourth-order valence-electron chi connectivity index (χ4n) is 15.2. The second kappa shape index (κ2) is 23.2. The number of hydrogen-bond donors (Lipinski definition) is 0. The van der Waals surface area contributed by atoms with Gasteiger partial charge in [-0.25, -0.2) is 4.79 Å². The van der Waals surface area contributed by atoms with E-state index in [0.717, 1.165) is 113 Å². The van der Waals surface area contributed by atoms with Crippen molar-refractivity contribution in [1.82, 2.24) is 4.90 Å². The van der Waals surface area contributed by atoms with Crippen molar-refractivity contribution in [3.8, 4) is 0 Å². The van der Waals surface area contributed by atoms with Crippen LogP contribution >= 0.6 is 0 Å². The minimum Gasteiger partial charge on any atom is -0.463 e. The maximum absolute atomic E-state index is 13.3. The second-order valence-corrected chi connectivity index (χ2v) is 28.2. The Morgan fingerprint density at radius 2 is 0.873 bits per heavy atom. The van der Waals surface area contributed by atoms with Gasteiger partial charge in [0.05, 0.1) is 6.10 Å². The molecule has 0 aliphatic heterocycles. The van der Waals surface area contributed by atoms with E-state index in [1.165, 1.54) is 129 Å². The maximum atomic E-state index is 13.3. The van der Waals surface area contributed by atoms with Crippen molar-refractivity contribution in [3.63, 3.8) is 0 Å². The van der Waals surface area contributed by atoms with E-state index in [-0.39, 0.29) is 24.3 Å². The summed E-state index contributed by atoms with van der Waals surface area (Å²) in [7, 11) is 0.133. The van der Waals surface area contributed by atoms with Gasteiger partial charge in [-0.1, -0.05) is 20.8 Å². The van der Waals surface area contributed by atoms with Gasteiger partial charge >= 0.3 is 12.1 Å². The Hall–Kier alpha value is -1.16. The molecule has 7 rings (SSSR count). The Morgan fingerprint density at radius 3 is 1.30 bits per heavy atom. The van der Waals surface area contributed by atoms with E-state index in [9.17, 15) is 9.59 Å². The maximum Gasteiger partial charge on any atom is 0.508 e. The SMILES string of the molecule is COC1CCC(C(C)(C2CCC(OC(=O)OC3CCC(CO[Si](C)(C)CC4CCC(OC(C)=O)CC4)CC3)CC2)C2CCC(N(C3CCC(C)CC3)C3CCC(C)CC3)CC2)CC1. The fraction of sp³-hybridized carbons (Fsp3) is 0.963. The molecular weight excluding hydrogens is 803 g/mol. The van der Waals surface area contributed by atoms with Crippen molar-refractivity contribution in [1.29, 1.82) is 0 Å². The Bertz CT molecular complexity index is 1350. The van der Waals surface area contributed by atoms with Crippen LogP contribution in [0, 0.1) is 46.8 Å². The van der Waals surface area contributed by atoms with Gasteiger partial charge in [0.15, 0.2) is 8.32 Å². The zero-order chi connectivity index (χ0) is 44.6. The number of nitrogens with zero attached hydrogens (tertiary/aromatic N) is 1. The minimum absolute atomic E-state index is 0.0170. The van der Waals surface area contributed by atoms with Crippen LogP contribution in [0.1, 0.15) is 207 Å². The third kappa shape index (κ3) is 13.7. The van der Waals surface area contributed by atoms with Gasteiger partial charge in [-0.05, 0) is 246 Å². The monoisotopic (exact) mass is 898 g/mol. The average molecular weight is 898 g/mol. The summed E-state index contributed by atoms with van der Waals surface area (Å²) >= 11 is 0. The molecule has 0 amide bonds. The quantitative estimate of drug-likeness (QED) is 0.119. The van der Waals surface area contributed by atoms with Crippen LogP contribution in [0.3, 0.4) is 0 Å². The summed E-state index contributed by atoms with van der Waals surface area (Å²) < 4.78 is 30.2.